The number of anilines is 1. The minimum absolute atomic E-state index is 0.0325. The van der Waals surface area contributed by atoms with Gasteiger partial charge in [0.25, 0.3) is 5.88 Å². The third-order valence-electron chi connectivity index (χ3n) is 4.65. The molecule has 3 aromatic heterocycles. The maximum Gasteiger partial charge on any atom is 0.253 e. The average molecular weight is 376 g/mol. The molecule has 3 N–H and O–H groups in total. The van der Waals surface area contributed by atoms with Gasteiger partial charge in [-0.25, -0.2) is 28.4 Å². The van der Waals surface area contributed by atoms with Crippen molar-refractivity contribution in [3.05, 3.63) is 30.2 Å². The molecule has 1 fully saturated rings. The van der Waals surface area contributed by atoms with Crippen LogP contribution in [0.2, 0.25) is 0 Å². The Morgan fingerprint density at radius 2 is 2.15 bits per heavy atom. The molecule has 0 saturated heterocycles. The molecular weight excluding hydrogens is 358 g/mol. The Balaban J connectivity index is 1.81. The summed E-state index contributed by atoms with van der Waals surface area (Å²) in [6, 6.07) is 2.56. The highest BCUT2D eigenvalue weighted by Crippen LogP contribution is 2.42. The first-order valence-electron chi connectivity index (χ1n) is 8.49. The van der Waals surface area contributed by atoms with Gasteiger partial charge in [0, 0.05) is 25.1 Å². The molecule has 2 atom stereocenters. The van der Waals surface area contributed by atoms with Gasteiger partial charge in [-0.05, 0) is 25.0 Å². The van der Waals surface area contributed by atoms with Gasteiger partial charge in [-0.15, -0.1) is 5.10 Å². The zero-order valence-corrected chi connectivity index (χ0v) is 14.5. The van der Waals surface area contributed by atoms with Gasteiger partial charge in [0.15, 0.2) is 5.65 Å². The normalized spacial score (nSPS) is 22.1. The van der Waals surface area contributed by atoms with Crippen LogP contribution in [-0.4, -0.2) is 41.9 Å². The predicted molar refractivity (Wildman–Crippen MR) is 92.6 cm³/mol. The summed E-state index contributed by atoms with van der Waals surface area (Å²) in [5.74, 6) is -2.45. The van der Waals surface area contributed by atoms with Crippen LogP contribution in [0.3, 0.4) is 0 Å². The second kappa shape index (κ2) is 6.38. The van der Waals surface area contributed by atoms with Gasteiger partial charge in [0.2, 0.25) is 11.8 Å². The number of aryl methyl sites for hydroxylation is 1. The number of hydrogen-bond acceptors (Lipinski definition) is 7. The number of rotatable bonds is 3. The minimum Gasteiger partial charge on any atom is -0.418 e. The first-order chi connectivity index (χ1) is 12.8. The highest BCUT2D eigenvalue weighted by atomic mass is 19.3. The summed E-state index contributed by atoms with van der Waals surface area (Å²) in [6.07, 6.45) is 0.880. The van der Waals surface area contributed by atoms with Crippen molar-refractivity contribution in [1.29, 1.82) is 0 Å². The van der Waals surface area contributed by atoms with Crippen molar-refractivity contribution >= 4 is 16.9 Å². The van der Waals surface area contributed by atoms with Gasteiger partial charge in [0.05, 0.1) is 12.1 Å². The summed E-state index contributed by atoms with van der Waals surface area (Å²) in [4.78, 5) is 12.2. The lowest BCUT2D eigenvalue weighted by Crippen LogP contribution is -2.37. The number of pyridine rings is 1. The molecule has 0 amide bonds. The lowest BCUT2D eigenvalue weighted by atomic mass is 9.89. The lowest BCUT2D eigenvalue weighted by molar-refractivity contribution is -0.0886. The van der Waals surface area contributed by atoms with Gasteiger partial charge in [0.1, 0.15) is 17.5 Å². The number of nitrogen functional groups attached to an aromatic ring is 1. The van der Waals surface area contributed by atoms with Crippen LogP contribution in [0, 0.1) is 6.92 Å². The SMILES string of the molecule is Cc1ccnc(Oc2nn(C3CC(F)(F)CCC3O)c3ncnc(N)c23)c1. The van der Waals surface area contributed by atoms with Crippen molar-refractivity contribution < 1.29 is 18.6 Å². The Morgan fingerprint density at radius 3 is 2.93 bits per heavy atom. The van der Waals surface area contributed by atoms with Crippen LogP contribution in [0.25, 0.3) is 11.0 Å². The van der Waals surface area contributed by atoms with E-state index in [0.717, 1.165) is 5.56 Å². The summed E-state index contributed by atoms with van der Waals surface area (Å²) in [5, 5.41) is 14.9. The number of aliphatic hydroxyl groups is 1. The molecule has 0 bridgehead atoms. The molecule has 3 heterocycles. The van der Waals surface area contributed by atoms with Crippen molar-refractivity contribution in [2.75, 3.05) is 5.73 Å². The van der Waals surface area contributed by atoms with Crippen LogP contribution < -0.4 is 10.5 Å². The third kappa shape index (κ3) is 3.27. The number of aromatic nitrogens is 5. The van der Waals surface area contributed by atoms with Crippen LogP contribution in [-0.2, 0) is 0 Å². The van der Waals surface area contributed by atoms with E-state index in [1.165, 1.54) is 11.0 Å². The molecule has 8 nitrogen and oxygen atoms in total. The van der Waals surface area contributed by atoms with Crippen LogP contribution in [0.5, 0.6) is 11.8 Å². The largest absolute Gasteiger partial charge is 0.418 e. The molecule has 3 aromatic rings. The maximum absolute atomic E-state index is 13.9. The average Bonchev–Trinajstić information content (AvgIpc) is 2.97. The van der Waals surface area contributed by atoms with Gasteiger partial charge in [-0.3, -0.25) is 0 Å². The molecule has 27 heavy (non-hydrogen) atoms. The molecule has 142 valence electrons. The van der Waals surface area contributed by atoms with E-state index in [2.05, 4.69) is 20.1 Å². The molecular formula is C17H18F2N6O2. The van der Waals surface area contributed by atoms with E-state index in [4.69, 9.17) is 10.5 Å². The second-order valence-electron chi connectivity index (χ2n) is 6.71. The Kier molecular flexibility index (Phi) is 4.14. The molecule has 1 aliphatic rings. The number of aliphatic hydroxyl groups excluding tert-OH is 1. The fourth-order valence-electron chi connectivity index (χ4n) is 3.27. The fourth-order valence-corrected chi connectivity index (χ4v) is 3.27. The van der Waals surface area contributed by atoms with E-state index < -0.39 is 24.5 Å². The Hall–Kier alpha value is -2.88. The summed E-state index contributed by atoms with van der Waals surface area (Å²) >= 11 is 0. The molecule has 0 radical (unpaired) electrons. The van der Waals surface area contributed by atoms with E-state index in [1.807, 2.05) is 13.0 Å². The standard InChI is InChI=1S/C17H18F2N6O2/c1-9-3-5-21-12(6-9)27-16-13-14(20)22-8-23-15(13)25(24-16)10-7-17(18,19)4-2-11(10)26/h3,5-6,8,10-11,26H,2,4,7H2,1H3,(H2,20,22,23). The third-order valence-corrected chi connectivity index (χ3v) is 4.65. The van der Waals surface area contributed by atoms with E-state index in [1.54, 1.807) is 12.3 Å². The molecule has 1 aliphatic carbocycles. The van der Waals surface area contributed by atoms with Crippen molar-refractivity contribution in [2.24, 2.45) is 0 Å². The Bertz CT molecular complexity index is 993. The van der Waals surface area contributed by atoms with Crippen LogP contribution in [0.4, 0.5) is 14.6 Å². The number of fused-ring (bicyclic) bond motifs is 1. The van der Waals surface area contributed by atoms with Gasteiger partial charge in [-0.1, -0.05) is 0 Å². The highest BCUT2D eigenvalue weighted by molar-refractivity contribution is 5.90. The molecule has 2 unspecified atom stereocenters. The Labute approximate surface area is 153 Å². The summed E-state index contributed by atoms with van der Waals surface area (Å²) in [7, 11) is 0. The zero-order valence-electron chi connectivity index (χ0n) is 14.5. The topological polar surface area (TPSA) is 112 Å². The Morgan fingerprint density at radius 1 is 1.33 bits per heavy atom. The van der Waals surface area contributed by atoms with Crippen LogP contribution >= 0.6 is 0 Å². The first kappa shape index (κ1) is 17.5. The van der Waals surface area contributed by atoms with E-state index >= 15 is 0 Å². The fraction of sp³-hybridized carbons (Fsp3) is 0.412. The van der Waals surface area contributed by atoms with Crippen molar-refractivity contribution in [3.63, 3.8) is 0 Å². The summed E-state index contributed by atoms with van der Waals surface area (Å²) in [5.41, 5.74) is 7.11. The summed E-state index contributed by atoms with van der Waals surface area (Å²) in [6.45, 7) is 1.88. The van der Waals surface area contributed by atoms with Crippen molar-refractivity contribution in [3.8, 4) is 11.8 Å². The molecule has 10 heteroatoms. The number of alkyl halides is 2. The quantitative estimate of drug-likeness (QED) is 0.722. The number of halogens is 2. The number of nitrogens with zero attached hydrogens (tertiary/aromatic N) is 5. The van der Waals surface area contributed by atoms with Crippen LogP contribution in [0.1, 0.15) is 30.9 Å². The van der Waals surface area contributed by atoms with Gasteiger partial charge < -0.3 is 15.6 Å². The molecule has 1 saturated carbocycles. The number of nitrogens with two attached hydrogens (primary N) is 1. The molecule has 0 aromatic carbocycles. The zero-order chi connectivity index (χ0) is 19.2. The monoisotopic (exact) mass is 376 g/mol. The molecule has 4 rings (SSSR count). The number of ether oxygens (including phenoxy) is 1. The van der Waals surface area contributed by atoms with E-state index in [0.29, 0.717) is 5.39 Å². The predicted octanol–water partition coefficient (Wildman–Crippen LogP) is 2.63. The van der Waals surface area contributed by atoms with Gasteiger partial charge >= 0.3 is 0 Å². The molecule has 0 aliphatic heterocycles. The van der Waals surface area contributed by atoms with E-state index in [-0.39, 0.29) is 36.1 Å². The maximum atomic E-state index is 13.9. The van der Waals surface area contributed by atoms with Gasteiger partial charge in [-0.2, -0.15) is 0 Å². The smallest absolute Gasteiger partial charge is 0.253 e. The second-order valence-corrected chi connectivity index (χ2v) is 6.71. The van der Waals surface area contributed by atoms with Crippen molar-refractivity contribution in [1.82, 2.24) is 24.7 Å². The number of hydrogen-bond donors (Lipinski definition) is 2. The summed E-state index contributed by atoms with van der Waals surface area (Å²) < 4.78 is 34.9. The van der Waals surface area contributed by atoms with Crippen molar-refractivity contribution in [2.45, 2.75) is 44.3 Å². The van der Waals surface area contributed by atoms with Crippen LogP contribution in [0.15, 0.2) is 24.7 Å². The molecule has 0 spiro atoms. The van der Waals surface area contributed by atoms with E-state index in [9.17, 15) is 13.9 Å². The minimum atomic E-state index is -2.89. The lowest BCUT2D eigenvalue weighted by Gasteiger charge is -2.33. The first-order valence-corrected chi connectivity index (χ1v) is 8.49. The highest BCUT2D eigenvalue weighted by Gasteiger charge is 2.43.